The van der Waals surface area contributed by atoms with Crippen molar-refractivity contribution in [1.29, 1.82) is 5.26 Å². The fourth-order valence-corrected chi connectivity index (χ4v) is 3.20. The highest BCUT2D eigenvalue weighted by atomic mass is 16.5. The van der Waals surface area contributed by atoms with Crippen molar-refractivity contribution in [3.8, 4) is 23.1 Å². The molecule has 0 amide bonds. The number of para-hydroxylation sites is 3. The molecule has 2 aromatic heterocycles. The second kappa shape index (κ2) is 6.46. The van der Waals surface area contributed by atoms with Crippen LogP contribution in [0, 0.1) is 11.3 Å². The van der Waals surface area contributed by atoms with Crippen molar-refractivity contribution < 1.29 is 14.6 Å². The largest absolute Gasteiger partial charge is 0.507 e. The van der Waals surface area contributed by atoms with Crippen LogP contribution >= 0.6 is 0 Å². The number of rotatable bonds is 3. The van der Waals surface area contributed by atoms with Gasteiger partial charge < -0.3 is 9.84 Å². The summed E-state index contributed by atoms with van der Waals surface area (Å²) in [7, 11) is 0. The van der Waals surface area contributed by atoms with Crippen molar-refractivity contribution in [2.45, 2.75) is 6.92 Å². The standard InChI is InChI=1S/C21H15N3O3/c1-2-27-21(26)14-11-18(13-7-3-6-10-19(13)25)24-17-9-5-4-8-16(17)23-20(24)15(14)12-22/h3-11,25H,2H2,1H3. The quantitative estimate of drug-likeness (QED) is 0.562. The normalized spacial score (nSPS) is 10.8. The van der Waals surface area contributed by atoms with E-state index >= 15 is 0 Å². The number of hydrogen-bond donors (Lipinski definition) is 1. The average molecular weight is 357 g/mol. The number of hydrogen-bond acceptors (Lipinski definition) is 5. The molecule has 0 spiro atoms. The molecule has 0 unspecified atom stereocenters. The molecule has 0 saturated carbocycles. The number of benzene rings is 2. The Morgan fingerprint density at radius 3 is 2.70 bits per heavy atom. The SMILES string of the molecule is CCOC(=O)c1cc(-c2ccccc2O)n2c(nc3ccccc32)c1C#N. The second-order valence-corrected chi connectivity index (χ2v) is 5.93. The van der Waals surface area contributed by atoms with Gasteiger partial charge in [0.15, 0.2) is 5.65 Å². The van der Waals surface area contributed by atoms with Gasteiger partial charge in [-0.2, -0.15) is 5.26 Å². The van der Waals surface area contributed by atoms with Gasteiger partial charge in [0.1, 0.15) is 17.4 Å². The van der Waals surface area contributed by atoms with E-state index < -0.39 is 5.97 Å². The van der Waals surface area contributed by atoms with Gasteiger partial charge in [-0.05, 0) is 37.3 Å². The minimum Gasteiger partial charge on any atom is -0.507 e. The van der Waals surface area contributed by atoms with Crippen LogP contribution in [0.2, 0.25) is 0 Å². The lowest BCUT2D eigenvalue weighted by molar-refractivity contribution is 0.0526. The fourth-order valence-electron chi connectivity index (χ4n) is 3.20. The summed E-state index contributed by atoms with van der Waals surface area (Å²) in [6.45, 7) is 1.90. The number of carbonyl (C=O) groups is 1. The van der Waals surface area contributed by atoms with E-state index in [1.807, 2.05) is 24.3 Å². The topological polar surface area (TPSA) is 87.6 Å². The molecule has 4 rings (SSSR count). The predicted molar refractivity (Wildman–Crippen MR) is 100 cm³/mol. The first kappa shape index (κ1) is 16.6. The number of ether oxygens (including phenoxy) is 1. The molecule has 0 saturated heterocycles. The summed E-state index contributed by atoms with van der Waals surface area (Å²) in [4.78, 5) is 17.0. The smallest absolute Gasteiger partial charge is 0.339 e. The van der Waals surface area contributed by atoms with Crippen LogP contribution in [0.1, 0.15) is 22.8 Å². The van der Waals surface area contributed by atoms with E-state index in [4.69, 9.17) is 4.74 Å². The minimum absolute atomic E-state index is 0.0658. The summed E-state index contributed by atoms with van der Waals surface area (Å²) in [5, 5.41) is 20.1. The number of aromatic hydroxyl groups is 1. The number of pyridine rings is 1. The molecular formula is C21H15N3O3. The Bertz CT molecular complexity index is 1230. The van der Waals surface area contributed by atoms with E-state index in [9.17, 15) is 15.2 Å². The molecule has 6 heteroatoms. The number of nitriles is 1. The summed E-state index contributed by atoms with van der Waals surface area (Å²) in [5.41, 5.74) is 3.16. The maximum atomic E-state index is 12.5. The summed E-state index contributed by atoms with van der Waals surface area (Å²) >= 11 is 0. The summed E-state index contributed by atoms with van der Waals surface area (Å²) in [6, 6.07) is 17.9. The zero-order chi connectivity index (χ0) is 19.0. The zero-order valence-corrected chi connectivity index (χ0v) is 14.5. The third-order valence-corrected chi connectivity index (χ3v) is 4.36. The van der Waals surface area contributed by atoms with Gasteiger partial charge >= 0.3 is 5.97 Å². The average Bonchev–Trinajstić information content (AvgIpc) is 3.07. The van der Waals surface area contributed by atoms with Crippen molar-refractivity contribution in [1.82, 2.24) is 9.38 Å². The highest BCUT2D eigenvalue weighted by Crippen LogP contribution is 2.34. The molecule has 2 aromatic carbocycles. The molecular weight excluding hydrogens is 342 g/mol. The van der Waals surface area contributed by atoms with Crippen LogP contribution in [0.4, 0.5) is 0 Å². The number of aromatic nitrogens is 2. The Morgan fingerprint density at radius 1 is 1.22 bits per heavy atom. The van der Waals surface area contributed by atoms with Gasteiger partial charge in [-0.3, -0.25) is 4.40 Å². The molecule has 0 atom stereocenters. The molecule has 2 heterocycles. The Hall–Kier alpha value is -3.85. The van der Waals surface area contributed by atoms with Crippen molar-refractivity contribution in [3.05, 3.63) is 65.7 Å². The first-order valence-corrected chi connectivity index (χ1v) is 8.45. The Morgan fingerprint density at radius 2 is 1.96 bits per heavy atom. The number of carbonyl (C=O) groups excluding carboxylic acids is 1. The van der Waals surface area contributed by atoms with E-state index in [-0.39, 0.29) is 23.5 Å². The molecule has 6 nitrogen and oxygen atoms in total. The highest BCUT2D eigenvalue weighted by molar-refractivity contribution is 5.98. The van der Waals surface area contributed by atoms with Gasteiger partial charge in [0.25, 0.3) is 0 Å². The number of phenolic OH excluding ortho intramolecular Hbond substituents is 1. The number of fused-ring (bicyclic) bond motifs is 3. The number of phenols is 1. The van der Waals surface area contributed by atoms with E-state index in [0.717, 1.165) is 5.52 Å². The van der Waals surface area contributed by atoms with E-state index in [2.05, 4.69) is 11.1 Å². The van der Waals surface area contributed by atoms with Gasteiger partial charge in [-0.25, -0.2) is 9.78 Å². The maximum Gasteiger partial charge on any atom is 0.339 e. The molecule has 1 N–H and O–H groups in total. The van der Waals surface area contributed by atoms with Crippen molar-refractivity contribution >= 4 is 22.6 Å². The highest BCUT2D eigenvalue weighted by Gasteiger charge is 2.23. The molecule has 0 aliphatic heterocycles. The number of esters is 1. The summed E-state index contributed by atoms with van der Waals surface area (Å²) in [5.74, 6) is -0.531. The van der Waals surface area contributed by atoms with Crippen LogP contribution < -0.4 is 0 Å². The Labute approximate surface area is 154 Å². The molecule has 132 valence electrons. The van der Waals surface area contributed by atoms with Gasteiger partial charge in [-0.1, -0.05) is 24.3 Å². The second-order valence-electron chi connectivity index (χ2n) is 5.93. The van der Waals surface area contributed by atoms with Crippen LogP contribution in [0.25, 0.3) is 27.9 Å². The summed E-state index contributed by atoms with van der Waals surface area (Å²) < 4.78 is 6.91. The Kier molecular flexibility index (Phi) is 3.98. The molecule has 0 aliphatic carbocycles. The van der Waals surface area contributed by atoms with Gasteiger partial charge in [0.05, 0.1) is 28.9 Å². The molecule has 0 fully saturated rings. The van der Waals surface area contributed by atoms with Crippen molar-refractivity contribution in [2.24, 2.45) is 0 Å². The fraction of sp³-hybridized carbons (Fsp3) is 0.0952. The lowest BCUT2D eigenvalue weighted by atomic mass is 10.0. The first-order valence-electron chi connectivity index (χ1n) is 8.45. The molecule has 0 aliphatic rings. The van der Waals surface area contributed by atoms with E-state index in [0.29, 0.717) is 22.4 Å². The number of imidazole rings is 1. The van der Waals surface area contributed by atoms with Gasteiger partial charge in [0, 0.05) is 5.56 Å². The monoisotopic (exact) mass is 357 g/mol. The predicted octanol–water partition coefficient (Wildman–Crippen LogP) is 3.91. The van der Waals surface area contributed by atoms with E-state index in [1.54, 1.807) is 41.7 Å². The van der Waals surface area contributed by atoms with Crippen molar-refractivity contribution in [3.63, 3.8) is 0 Å². The third kappa shape index (κ3) is 2.57. The van der Waals surface area contributed by atoms with Crippen LogP contribution in [-0.2, 0) is 4.74 Å². The van der Waals surface area contributed by atoms with Crippen LogP contribution in [0.3, 0.4) is 0 Å². The number of nitrogens with zero attached hydrogens (tertiary/aromatic N) is 3. The summed E-state index contributed by atoms with van der Waals surface area (Å²) in [6.07, 6.45) is 0. The lowest BCUT2D eigenvalue weighted by Gasteiger charge is -2.13. The first-order chi connectivity index (χ1) is 13.2. The van der Waals surface area contributed by atoms with Crippen molar-refractivity contribution in [2.75, 3.05) is 6.61 Å². The lowest BCUT2D eigenvalue weighted by Crippen LogP contribution is -2.10. The van der Waals surface area contributed by atoms with E-state index in [1.165, 1.54) is 0 Å². The molecule has 4 aromatic rings. The van der Waals surface area contributed by atoms with Crippen LogP contribution in [-0.4, -0.2) is 27.1 Å². The maximum absolute atomic E-state index is 12.5. The van der Waals surface area contributed by atoms with Gasteiger partial charge in [0.2, 0.25) is 0 Å². The molecule has 0 bridgehead atoms. The van der Waals surface area contributed by atoms with Crippen LogP contribution in [0.5, 0.6) is 5.75 Å². The molecule has 0 radical (unpaired) electrons. The molecule has 27 heavy (non-hydrogen) atoms. The Balaban J connectivity index is 2.19. The van der Waals surface area contributed by atoms with Gasteiger partial charge in [-0.15, -0.1) is 0 Å². The van der Waals surface area contributed by atoms with Crippen LogP contribution in [0.15, 0.2) is 54.6 Å². The minimum atomic E-state index is -0.597. The third-order valence-electron chi connectivity index (χ3n) is 4.36. The zero-order valence-electron chi connectivity index (χ0n) is 14.5.